The maximum absolute atomic E-state index is 12.2. The average Bonchev–Trinajstić information content (AvgIpc) is 3.01. The first-order valence-corrected chi connectivity index (χ1v) is 8.23. The van der Waals surface area contributed by atoms with Crippen molar-refractivity contribution < 1.29 is 22.7 Å². The molecular formula is C13H16N2O5S. The van der Waals surface area contributed by atoms with E-state index in [1.807, 2.05) is 0 Å². The number of fused-ring (bicyclic) bond motifs is 1. The number of carbonyl (C=O) groups excluding carboxylic acids is 1. The Labute approximate surface area is 123 Å². The number of para-hydroxylation sites is 1. The first-order valence-electron chi connectivity index (χ1n) is 6.79. The highest BCUT2D eigenvalue weighted by molar-refractivity contribution is 7.87. The highest BCUT2D eigenvalue weighted by Gasteiger charge is 2.29. The molecule has 8 heteroatoms. The van der Waals surface area contributed by atoms with E-state index < -0.39 is 16.1 Å². The summed E-state index contributed by atoms with van der Waals surface area (Å²) >= 11 is 0. The fraction of sp³-hybridized carbons (Fsp3) is 0.462. The minimum atomic E-state index is -3.80. The lowest BCUT2D eigenvalue weighted by Crippen LogP contribution is -2.42. The van der Waals surface area contributed by atoms with E-state index >= 15 is 0 Å². The summed E-state index contributed by atoms with van der Waals surface area (Å²) < 4.78 is 38.4. The average molecular weight is 312 g/mol. The number of ether oxygens (including phenoxy) is 2. The lowest BCUT2D eigenvalue weighted by atomic mass is 10.1. The summed E-state index contributed by atoms with van der Waals surface area (Å²) in [6.07, 6.45) is 1.62. The van der Waals surface area contributed by atoms with Crippen molar-refractivity contribution in [3.63, 3.8) is 0 Å². The molecule has 3 rings (SSSR count). The van der Waals surface area contributed by atoms with Gasteiger partial charge in [0.05, 0.1) is 5.56 Å². The van der Waals surface area contributed by atoms with Gasteiger partial charge in [0.1, 0.15) is 13.2 Å². The fourth-order valence-electron chi connectivity index (χ4n) is 2.42. The molecule has 0 saturated carbocycles. The molecule has 0 atom stereocenters. The molecule has 0 spiro atoms. The van der Waals surface area contributed by atoms with Crippen molar-refractivity contribution >= 4 is 16.1 Å². The smallest absolute Gasteiger partial charge is 0.304 e. The third kappa shape index (κ3) is 2.81. The standard InChI is InChI=1S/C13H16N2O5S/c16-13(14-21(17,18)15-6-1-2-7-15)10-4-3-5-11-12(10)20-9-8-19-11/h3-5H,1-2,6-9H2,(H,14,16). The second-order valence-electron chi connectivity index (χ2n) is 4.87. The number of hydrogen-bond donors (Lipinski definition) is 1. The van der Waals surface area contributed by atoms with Gasteiger partial charge < -0.3 is 9.47 Å². The van der Waals surface area contributed by atoms with Gasteiger partial charge in [-0.15, -0.1) is 0 Å². The topological polar surface area (TPSA) is 84.9 Å². The van der Waals surface area contributed by atoms with Gasteiger partial charge in [0.25, 0.3) is 5.91 Å². The Morgan fingerprint density at radius 2 is 1.86 bits per heavy atom. The van der Waals surface area contributed by atoms with E-state index in [2.05, 4.69) is 4.72 Å². The second kappa shape index (κ2) is 5.53. The molecular weight excluding hydrogens is 296 g/mol. The molecule has 1 N–H and O–H groups in total. The van der Waals surface area contributed by atoms with Crippen LogP contribution >= 0.6 is 0 Å². The molecule has 0 aliphatic carbocycles. The maximum Gasteiger partial charge on any atom is 0.304 e. The van der Waals surface area contributed by atoms with Crippen LogP contribution in [-0.4, -0.2) is 44.9 Å². The zero-order valence-electron chi connectivity index (χ0n) is 11.4. The van der Waals surface area contributed by atoms with Gasteiger partial charge >= 0.3 is 10.2 Å². The predicted octanol–water partition coefficient (Wildman–Crippen LogP) is 0.528. The van der Waals surface area contributed by atoms with E-state index in [0.717, 1.165) is 12.8 Å². The van der Waals surface area contributed by atoms with Gasteiger partial charge in [-0.05, 0) is 25.0 Å². The Kier molecular flexibility index (Phi) is 3.73. The van der Waals surface area contributed by atoms with Gasteiger partial charge in [0.2, 0.25) is 0 Å². The lowest BCUT2D eigenvalue weighted by Gasteiger charge is -2.21. The summed E-state index contributed by atoms with van der Waals surface area (Å²) in [5.41, 5.74) is 0.162. The Hall–Kier alpha value is -1.80. The Morgan fingerprint density at radius 1 is 1.14 bits per heavy atom. The summed E-state index contributed by atoms with van der Waals surface area (Å²) in [6.45, 7) is 1.62. The molecule has 1 amide bonds. The molecule has 114 valence electrons. The van der Waals surface area contributed by atoms with Crippen LogP contribution < -0.4 is 14.2 Å². The van der Waals surface area contributed by atoms with Gasteiger partial charge in [-0.3, -0.25) is 4.79 Å². The monoisotopic (exact) mass is 312 g/mol. The Bertz CT molecular complexity index is 653. The molecule has 2 heterocycles. The quantitative estimate of drug-likeness (QED) is 0.880. The van der Waals surface area contributed by atoms with Gasteiger partial charge in [-0.2, -0.15) is 12.7 Å². The van der Waals surface area contributed by atoms with Gasteiger partial charge in [-0.1, -0.05) is 6.07 Å². The Balaban J connectivity index is 1.83. The zero-order chi connectivity index (χ0) is 14.9. The molecule has 1 aromatic rings. The minimum Gasteiger partial charge on any atom is -0.486 e. The maximum atomic E-state index is 12.2. The third-order valence-electron chi connectivity index (χ3n) is 3.44. The molecule has 1 fully saturated rings. The number of benzene rings is 1. The van der Waals surface area contributed by atoms with E-state index in [4.69, 9.17) is 9.47 Å². The van der Waals surface area contributed by atoms with Crippen LogP contribution in [0.5, 0.6) is 11.5 Å². The van der Waals surface area contributed by atoms with Crippen LogP contribution in [0, 0.1) is 0 Å². The van der Waals surface area contributed by atoms with Crippen molar-refractivity contribution in [1.29, 1.82) is 0 Å². The zero-order valence-corrected chi connectivity index (χ0v) is 12.2. The van der Waals surface area contributed by atoms with Crippen molar-refractivity contribution in [3.05, 3.63) is 23.8 Å². The van der Waals surface area contributed by atoms with Crippen LogP contribution in [0.3, 0.4) is 0 Å². The van der Waals surface area contributed by atoms with Crippen molar-refractivity contribution in [2.45, 2.75) is 12.8 Å². The number of nitrogens with zero attached hydrogens (tertiary/aromatic N) is 1. The number of carbonyl (C=O) groups is 1. The van der Waals surface area contributed by atoms with Crippen LogP contribution in [0.25, 0.3) is 0 Å². The van der Waals surface area contributed by atoms with Crippen LogP contribution in [0.15, 0.2) is 18.2 Å². The van der Waals surface area contributed by atoms with Crippen LogP contribution in [0.2, 0.25) is 0 Å². The van der Waals surface area contributed by atoms with Crippen molar-refractivity contribution in [1.82, 2.24) is 9.03 Å². The van der Waals surface area contributed by atoms with Crippen LogP contribution in [0.4, 0.5) is 0 Å². The molecule has 0 aromatic heterocycles. The molecule has 0 radical (unpaired) electrons. The van der Waals surface area contributed by atoms with Crippen molar-refractivity contribution in [2.24, 2.45) is 0 Å². The number of rotatable bonds is 3. The molecule has 21 heavy (non-hydrogen) atoms. The summed E-state index contributed by atoms with van der Waals surface area (Å²) in [6, 6.07) is 4.83. The highest BCUT2D eigenvalue weighted by Crippen LogP contribution is 2.33. The molecule has 0 bridgehead atoms. The molecule has 2 aliphatic rings. The van der Waals surface area contributed by atoms with Crippen molar-refractivity contribution in [3.8, 4) is 11.5 Å². The van der Waals surface area contributed by atoms with E-state index in [1.165, 1.54) is 10.4 Å². The molecule has 2 aliphatic heterocycles. The normalized spacial score (nSPS) is 18.5. The van der Waals surface area contributed by atoms with E-state index in [9.17, 15) is 13.2 Å². The first-order chi connectivity index (χ1) is 10.1. The first kappa shape index (κ1) is 14.2. The minimum absolute atomic E-state index is 0.162. The summed E-state index contributed by atoms with van der Waals surface area (Å²) in [5, 5.41) is 0. The van der Waals surface area contributed by atoms with Gasteiger partial charge in [0.15, 0.2) is 11.5 Å². The molecule has 0 unspecified atom stereocenters. The number of hydrogen-bond acceptors (Lipinski definition) is 5. The summed E-state index contributed by atoms with van der Waals surface area (Å²) in [5.74, 6) is 0.0367. The fourth-order valence-corrected chi connectivity index (χ4v) is 3.63. The predicted molar refractivity (Wildman–Crippen MR) is 74.6 cm³/mol. The van der Waals surface area contributed by atoms with E-state index in [-0.39, 0.29) is 11.3 Å². The second-order valence-corrected chi connectivity index (χ2v) is 6.54. The van der Waals surface area contributed by atoms with E-state index in [1.54, 1.807) is 12.1 Å². The lowest BCUT2D eigenvalue weighted by molar-refractivity contribution is 0.0968. The van der Waals surface area contributed by atoms with Crippen LogP contribution in [0.1, 0.15) is 23.2 Å². The van der Waals surface area contributed by atoms with Gasteiger partial charge in [0, 0.05) is 13.1 Å². The molecule has 1 aromatic carbocycles. The Morgan fingerprint density at radius 3 is 2.62 bits per heavy atom. The number of nitrogens with one attached hydrogen (secondary N) is 1. The SMILES string of the molecule is O=C(NS(=O)(=O)N1CCCC1)c1cccc2c1OCCO2. The highest BCUT2D eigenvalue weighted by atomic mass is 32.2. The molecule has 1 saturated heterocycles. The largest absolute Gasteiger partial charge is 0.486 e. The van der Waals surface area contributed by atoms with Gasteiger partial charge in [-0.25, -0.2) is 4.72 Å². The third-order valence-corrected chi connectivity index (χ3v) is 4.93. The molecule has 7 nitrogen and oxygen atoms in total. The van der Waals surface area contributed by atoms with E-state index in [0.29, 0.717) is 32.1 Å². The summed E-state index contributed by atoms with van der Waals surface area (Å²) in [7, 11) is -3.80. The summed E-state index contributed by atoms with van der Waals surface area (Å²) in [4.78, 5) is 12.2. The van der Waals surface area contributed by atoms with Crippen molar-refractivity contribution in [2.75, 3.05) is 26.3 Å². The number of amides is 1. The van der Waals surface area contributed by atoms with Crippen LogP contribution in [-0.2, 0) is 10.2 Å².